The smallest absolute Gasteiger partial charge is 0.235 e. The van der Waals surface area contributed by atoms with Crippen LogP contribution in [0.15, 0.2) is 18.2 Å². The maximum absolute atomic E-state index is 12.3. The van der Waals surface area contributed by atoms with Crippen molar-refractivity contribution < 1.29 is 13.5 Å². The molecule has 1 aromatic rings. The maximum Gasteiger partial charge on any atom is 0.235 e. The molecule has 1 aliphatic carbocycles. The quantitative estimate of drug-likeness (QED) is 0.840. The van der Waals surface area contributed by atoms with Gasteiger partial charge in [0.2, 0.25) is 10.0 Å². The highest BCUT2D eigenvalue weighted by molar-refractivity contribution is 7.93. The molecule has 1 aromatic carbocycles. The van der Waals surface area contributed by atoms with Crippen LogP contribution in [0.3, 0.4) is 0 Å². The molecule has 1 aliphatic rings. The van der Waals surface area contributed by atoms with E-state index in [1.807, 2.05) is 13.0 Å². The summed E-state index contributed by atoms with van der Waals surface area (Å²) in [5.41, 5.74) is 2.30. The molecule has 1 fully saturated rings. The van der Waals surface area contributed by atoms with Crippen LogP contribution in [-0.2, 0) is 10.0 Å². The van der Waals surface area contributed by atoms with Gasteiger partial charge in [0, 0.05) is 12.0 Å². The van der Waals surface area contributed by atoms with Gasteiger partial charge < -0.3 is 5.11 Å². The molecule has 0 heterocycles. The van der Waals surface area contributed by atoms with Crippen LogP contribution < -0.4 is 4.72 Å². The lowest BCUT2D eigenvalue weighted by atomic mass is 10.1. The normalized spacial score (nSPS) is 15.5. The predicted octanol–water partition coefficient (Wildman–Crippen LogP) is 2.41. The Bertz CT molecular complexity index is 650. The fraction of sp³-hybridized carbons (Fsp3) is 0.500. The molecule has 0 saturated heterocycles. The molecule has 0 unspecified atom stereocenters. The second kappa shape index (κ2) is 6.97. The predicted molar refractivity (Wildman–Crippen MR) is 84.6 cm³/mol. The van der Waals surface area contributed by atoms with Crippen molar-refractivity contribution in [1.82, 2.24) is 0 Å². The third-order valence-corrected chi connectivity index (χ3v) is 5.54. The van der Waals surface area contributed by atoms with Crippen LogP contribution in [0.4, 0.5) is 5.69 Å². The SMILES string of the molecule is Cc1cc(C#CCCO)ccc1NS(=O)(=O)C1CCCC1. The summed E-state index contributed by atoms with van der Waals surface area (Å²) in [7, 11) is -3.29. The topological polar surface area (TPSA) is 66.4 Å². The lowest BCUT2D eigenvalue weighted by Gasteiger charge is -2.15. The standard InChI is InChI=1S/C16H21NO3S/c1-13-12-14(6-4-5-11-18)9-10-16(13)17-21(19,20)15-7-2-3-8-15/h9-10,12,15,17-18H,2-3,5,7-8,11H2,1H3. The Morgan fingerprint density at radius 2 is 2.05 bits per heavy atom. The van der Waals surface area contributed by atoms with Crippen molar-refractivity contribution in [1.29, 1.82) is 0 Å². The number of benzene rings is 1. The highest BCUT2D eigenvalue weighted by Crippen LogP contribution is 2.27. The molecule has 0 bridgehead atoms. The molecule has 4 nitrogen and oxygen atoms in total. The highest BCUT2D eigenvalue weighted by atomic mass is 32.2. The van der Waals surface area contributed by atoms with Crippen LogP contribution in [0.25, 0.3) is 0 Å². The van der Waals surface area contributed by atoms with E-state index in [1.54, 1.807) is 12.1 Å². The first kappa shape index (κ1) is 15.9. The largest absolute Gasteiger partial charge is 0.395 e. The molecule has 0 aromatic heterocycles. The van der Waals surface area contributed by atoms with Gasteiger partial charge in [-0.1, -0.05) is 24.7 Å². The number of aliphatic hydroxyl groups excluding tert-OH is 1. The van der Waals surface area contributed by atoms with Crippen molar-refractivity contribution in [3.63, 3.8) is 0 Å². The number of rotatable bonds is 4. The van der Waals surface area contributed by atoms with Gasteiger partial charge in [0.25, 0.3) is 0 Å². The zero-order chi connectivity index (χ0) is 15.3. The second-order valence-electron chi connectivity index (χ2n) is 5.36. The molecule has 0 amide bonds. The number of anilines is 1. The molecule has 2 rings (SSSR count). The van der Waals surface area contributed by atoms with Crippen LogP contribution in [0.5, 0.6) is 0 Å². The minimum Gasteiger partial charge on any atom is -0.395 e. The number of aliphatic hydroxyl groups is 1. The Morgan fingerprint density at radius 1 is 1.33 bits per heavy atom. The molecule has 0 atom stereocenters. The Hall–Kier alpha value is -1.51. The van der Waals surface area contributed by atoms with Gasteiger partial charge in [-0.3, -0.25) is 4.72 Å². The number of hydrogen-bond donors (Lipinski definition) is 2. The van der Waals surface area contributed by atoms with E-state index < -0.39 is 10.0 Å². The van der Waals surface area contributed by atoms with Crippen LogP contribution in [0.1, 0.15) is 43.2 Å². The van der Waals surface area contributed by atoms with E-state index in [1.165, 1.54) is 0 Å². The summed E-state index contributed by atoms with van der Waals surface area (Å²) in [6, 6.07) is 5.41. The molecule has 0 aliphatic heterocycles. The Labute approximate surface area is 126 Å². The van der Waals surface area contributed by atoms with Crippen molar-refractivity contribution >= 4 is 15.7 Å². The summed E-state index contributed by atoms with van der Waals surface area (Å²) in [6.45, 7) is 1.91. The van der Waals surface area contributed by atoms with E-state index in [0.717, 1.165) is 36.8 Å². The van der Waals surface area contributed by atoms with Gasteiger partial charge >= 0.3 is 0 Å². The van der Waals surface area contributed by atoms with E-state index in [-0.39, 0.29) is 11.9 Å². The third-order valence-electron chi connectivity index (χ3n) is 3.69. The third kappa shape index (κ3) is 4.23. The van der Waals surface area contributed by atoms with Crippen LogP contribution in [0.2, 0.25) is 0 Å². The molecule has 0 spiro atoms. The van der Waals surface area contributed by atoms with Crippen LogP contribution in [-0.4, -0.2) is 25.4 Å². The summed E-state index contributed by atoms with van der Waals surface area (Å²) in [5.74, 6) is 5.80. The van der Waals surface area contributed by atoms with Gasteiger partial charge in [-0.05, 0) is 43.5 Å². The van der Waals surface area contributed by atoms with Gasteiger partial charge in [0.05, 0.1) is 17.5 Å². The van der Waals surface area contributed by atoms with Gasteiger partial charge in [-0.15, -0.1) is 0 Å². The number of hydrogen-bond acceptors (Lipinski definition) is 3. The zero-order valence-electron chi connectivity index (χ0n) is 12.2. The van der Waals surface area contributed by atoms with Gasteiger partial charge in [-0.25, -0.2) is 8.42 Å². The molecular formula is C16H21NO3S. The average Bonchev–Trinajstić information content (AvgIpc) is 2.97. The average molecular weight is 307 g/mol. The zero-order valence-corrected chi connectivity index (χ0v) is 13.0. The van der Waals surface area contributed by atoms with Crippen molar-refractivity contribution in [3.8, 4) is 11.8 Å². The summed E-state index contributed by atoms with van der Waals surface area (Å²) in [5, 5.41) is 8.43. The summed E-state index contributed by atoms with van der Waals surface area (Å²) in [4.78, 5) is 0. The molecule has 1 saturated carbocycles. The number of nitrogens with one attached hydrogen (secondary N) is 1. The monoisotopic (exact) mass is 307 g/mol. The summed E-state index contributed by atoms with van der Waals surface area (Å²) >= 11 is 0. The van der Waals surface area contributed by atoms with Gasteiger partial charge in [0.1, 0.15) is 0 Å². The van der Waals surface area contributed by atoms with Crippen molar-refractivity contribution in [2.45, 2.75) is 44.3 Å². The molecule has 0 radical (unpaired) electrons. The van der Waals surface area contributed by atoms with E-state index in [4.69, 9.17) is 5.11 Å². The second-order valence-corrected chi connectivity index (χ2v) is 7.32. The Kier molecular flexibility index (Phi) is 5.27. The van der Waals surface area contributed by atoms with E-state index in [2.05, 4.69) is 16.6 Å². The molecule has 2 N–H and O–H groups in total. The van der Waals surface area contributed by atoms with E-state index >= 15 is 0 Å². The lowest BCUT2D eigenvalue weighted by molar-refractivity contribution is 0.305. The summed E-state index contributed by atoms with van der Waals surface area (Å²) < 4.78 is 27.3. The highest BCUT2D eigenvalue weighted by Gasteiger charge is 2.28. The first-order valence-corrected chi connectivity index (χ1v) is 8.79. The molecule has 114 valence electrons. The maximum atomic E-state index is 12.3. The van der Waals surface area contributed by atoms with Crippen molar-refractivity contribution in [2.75, 3.05) is 11.3 Å². The first-order valence-electron chi connectivity index (χ1n) is 7.25. The van der Waals surface area contributed by atoms with Gasteiger partial charge in [-0.2, -0.15) is 0 Å². The molecule has 5 heteroatoms. The lowest BCUT2D eigenvalue weighted by Crippen LogP contribution is -2.25. The van der Waals surface area contributed by atoms with Crippen molar-refractivity contribution in [3.05, 3.63) is 29.3 Å². The number of aryl methyl sites for hydroxylation is 1. The minimum absolute atomic E-state index is 0.0469. The van der Waals surface area contributed by atoms with E-state index in [9.17, 15) is 8.42 Å². The van der Waals surface area contributed by atoms with Crippen LogP contribution >= 0.6 is 0 Å². The first-order chi connectivity index (χ1) is 10.0. The fourth-order valence-corrected chi connectivity index (χ4v) is 4.17. The Morgan fingerprint density at radius 3 is 2.67 bits per heavy atom. The molecular weight excluding hydrogens is 286 g/mol. The van der Waals surface area contributed by atoms with Crippen molar-refractivity contribution in [2.24, 2.45) is 0 Å². The summed E-state index contributed by atoms with van der Waals surface area (Å²) in [6.07, 6.45) is 3.92. The minimum atomic E-state index is -3.29. The Balaban J connectivity index is 2.13. The number of sulfonamides is 1. The molecule has 21 heavy (non-hydrogen) atoms. The van der Waals surface area contributed by atoms with E-state index in [0.29, 0.717) is 12.1 Å². The van der Waals surface area contributed by atoms with Gasteiger partial charge in [0.15, 0.2) is 0 Å². The fourth-order valence-electron chi connectivity index (χ4n) is 2.51. The van der Waals surface area contributed by atoms with Crippen LogP contribution in [0, 0.1) is 18.8 Å².